The van der Waals surface area contributed by atoms with Gasteiger partial charge in [-0.3, -0.25) is 4.79 Å². The van der Waals surface area contributed by atoms with Crippen LogP contribution in [0.2, 0.25) is 0 Å². The minimum atomic E-state index is -0.278. The molecule has 4 aromatic carbocycles. The fraction of sp³-hybridized carbons (Fsp3) is 0.129. The van der Waals surface area contributed by atoms with Crippen molar-refractivity contribution in [1.29, 1.82) is 0 Å². The van der Waals surface area contributed by atoms with Gasteiger partial charge in [0.25, 0.3) is 5.91 Å². The lowest BCUT2D eigenvalue weighted by Gasteiger charge is -2.35. The maximum absolute atomic E-state index is 13.8. The van der Waals surface area contributed by atoms with E-state index >= 15 is 0 Å². The molecular weight excluding hydrogens is 449 g/mol. The van der Waals surface area contributed by atoms with Crippen molar-refractivity contribution in [2.75, 3.05) is 4.90 Å². The first-order chi connectivity index (χ1) is 17.6. The number of aromatic nitrogens is 2. The third-order valence-electron chi connectivity index (χ3n) is 6.80. The molecule has 36 heavy (non-hydrogen) atoms. The van der Waals surface area contributed by atoms with Crippen molar-refractivity contribution >= 4 is 22.6 Å². The molecule has 1 aromatic heterocycles. The Morgan fingerprint density at radius 3 is 2.11 bits per heavy atom. The van der Waals surface area contributed by atoms with Gasteiger partial charge in [0, 0.05) is 28.4 Å². The molecule has 0 radical (unpaired) electrons. The topological polar surface area (TPSA) is 46.1 Å². The molecule has 1 amide bonds. The van der Waals surface area contributed by atoms with Crippen LogP contribution in [0.4, 0.5) is 10.1 Å². The Kier molecular flexibility index (Phi) is 5.53. The van der Waals surface area contributed by atoms with E-state index in [9.17, 15) is 9.18 Å². The van der Waals surface area contributed by atoms with E-state index in [0.717, 1.165) is 52.1 Å². The second-order valence-electron chi connectivity index (χ2n) is 9.19. The molecular formula is C31H24FN3O. The second-order valence-corrected chi connectivity index (χ2v) is 9.19. The highest BCUT2D eigenvalue weighted by atomic mass is 19.1. The predicted octanol–water partition coefficient (Wildman–Crippen LogP) is 7.08. The largest absolute Gasteiger partial charge is 0.305 e. The van der Waals surface area contributed by atoms with Crippen LogP contribution in [-0.4, -0.2) is 21.9 Å². The number of nitrogens with zero attached hydrogens (tertiary/aromatic N) is 3. The standard InChI is InChI=1S/C31H24FN3O/c1-20-12-13-23-18-25(32)15-17-28(23)35(20)31(36)24-14-16-26-27(19-24)34-30(22-10-6-3-7-11-22)29(33-26)21-8-4-2-5-9-21/h2-11,14-20H,12-13H2,1H3/t20-/m0/s1. The summed E-state index contributed by atoms with van der Waals surface area (Å²) in [5.41, 5.74) is 7.06. The number of aryl methyl sites for hydroxylation is 1. The molecule has 1 aliphatic heterocycles. The Morgan fingerprint density at radius 2 is 1.44 bits per heavy atom. The molecule has 0 unspecified atom stereocenters. The molecule has 0 spiro atoms. The van der Waals surface area contributed by atoms with Crippen LogP contribution in [0, 0.1) is 5.82 Å². The Morgan fingerprint density at radius 1 is 0.806 bits per heavy atom. The number of fused-ring (bicyclic) bond motifs is 2. The zero-order chi connectivity index (χ0) is 24.6. The van der Waals surface area contributed by atoms with Crippen LogP contribution in [0.15, 0.2) is 97.1 Å². The van der Waals surface area contributed by atoms with Gasteiger partial charge in [0.15, 0.2) is 0 Å². The van der Waals surface area contributed by atoms with Gasteiger partial charge < -0.3 is 4.90 Å². The maximum atomic E-state index is 13.8. The smallest absolute Gasteiger partial charge is 0.258 e. The van der Waals surface area contributed by atoms with Crippen LogP contribution in [0.25, 0.3) is 33.5 Å². The molecule has 2 heterocycles. The third-order valence-corrected chi connectivity index (χ3v) is 6.80. The van der Waals surface area contributed by atoms with E-state index in [1.807, 2.05) is 79.7 Å². The summed E-state index contributed by atoms with van der Waals surface area (Å²) in [5.74, 6) is -0.397. The minimum Gasteiger partial charge on any atom is -0.305 e. The van der Waals surface area contributed by atoms with Crippen LogP contribution < -0.4 is 4.90 Å². The first kappa shape index (κ1) is 22.1. The number of hydrogen-bond donors (Lipinski definition) is 0. The number of benzene rings is 4. The highest BCUT2D eigenvalue weighted by molar-refractivity contribution is 6.08. The number of carbonyl (C=O) groups is 1. The molecule has 0 saturated heterocycles. The summed E-state index contributed by atoms with van der Waals surface area (Å²) >= 11 is 0. The van der Waals surface area contributed by atoms with Crippen molar-refractivity contribution in [3.63, 3.8) is 0 Å². The first-order valence-electron chi connectivity index (χ1n) is 12.1. The van der Waals surface area contributed by atoms with Crippen molar-refractivity contribution in [3.05, 3.63) is 114 Å². The molecule has 0 N–H and O–H groups in total. The van der Waals surface area contributed by atoms with Gasteiger partial charge in [0.2, 0.25) is 0 Å². The first-order valence-corrected chi connectivity index (χ1v) is 12.1. The van der Waals surface area contributed by atoms with Gasteiger partial charge in [-0.1, -0.05) is 60.7 Å². The van der Waals surface area contributed by atoms with Crippen LogP contribution >= 0.6 is 0 Å². The predicted molar refractivity (Wildman–Crippen MR) is 141 cm³/mol. The Balaban J connectivity index is 1.47. The molecule has 1 aliphatic rings. The number of hydrogen-bond acceptors (Lipinski definition) is 3. The van der Waals surface area contributed by atoms with E-state index in [1.165, 1.54) is 12.1 Å². The monoisotopic (exact) mass is 473 g/mol. The Hall–Kier alpha value is -4.38. The molecule has 4 nitrogen and oxygen atoms in total. The third kappa shape index (κ3) is 3.93. The van der Waals surface area contributed by atoms with E-state index in [4.69, 9.17) is 9.97 Å². The average molecular weight is 474 g/mol. The number of halogens is 1. The molecule has 5 aromatic rings. The molecule has 5 heteroatoms. The number of anilines is 1. The normalized spacial score (nSPS) is 15.1. The summed E-state index contributed by atoms with van der Waals surface area (Å²) in [6, 6.07) is 30.1. The highest BCUT2D eigenvalue weighted by Crippen LogP contribution is 2.34. The lowest BCUT2D eigenvalue weighted by molar-refractivity contribution is 0.0975. The van der Waals surface area contributed by atoms with Crippen molar-refractivity contribution in [3.8, 4) is 22.5 Å². The molecule has 0 saturated carbocycles. The van der Waals surface area contributed by atoms with Crippen LogP contribution in [0.3, 0.4) is 0 Å². The fourth-order valence-electron chi connectivity index (χ4n) is 4.95. The summed E-state index contributed by atoms with van der Waals surface area (Å²) in [4.78, 5) is 25.5. The summed E-state index contributed by atoms with van der Waals surface area (Å²) in [7, 11) is 0. The van der Waals surface area contributed by atoms with Crippen molar-refractivity contribution < 1.29 is 9.18 Å². The second kappa shape index (κ2) is 9.00. The average Bonchev–Trinajstić information content (AvgIpc) is 2.92. The van der Waals surface area contributed by atoms with Gasteiger partial charge >= 0.3 is 0 Å². The summed E-state index contributed by atoms with van der Waals surface area (Å²) < 4.78 is 13.8. The fourth-order valence-corrected chi connectivity index (χ4v) is 4.95. The highest BCUT2D eigenvalue weighted by Gasteiger charge is 2.29. The van der Waals surface area contributed by atoms with E-state index in [-0.39, 0.29) is 17.8 Å². The van der Waals surface area contributed by atoms with Crippen LogP contribution in [0.5, 0.6) is 0 Å². The molecule has 0 bridgehead atoms. The summed E-state index contributed by atoms with van der Waals surface area (Å²) in [6.45, 7) is 2.03. The molecule has 0 fully saturated rings. The lowest BCUT2D eigenvalue weighted by atomic mass is 9.95. The Labute approximate surface area is 209 Å². The Bertz CT molecular complexity index is 1580. The number of rotatable bonds is 3. The van der Waals surface area contributed by atoms with E-state index in [1.54, 1.807) is 17.0 Å². The zero-order valence-corrected chi connectivity index (χ0v) is 19.9. The summed E-state index contributed by atoms with van der Waals surface area (Å²) in [6.07, 6.45) is 1.54. The van der Waals surface area contributed by atoms with E-state index < -0.39 is 0 Å². The zero-order valence-electron chi connectivity index (χ0n) is 19.9. The molecule has 176 valence electrons. The van der Waals surface area contributed by atoms with Gasteiger partial charge in [0.1, 0.15) is 5.82 Å². The van der Waals surface area contributed by atoms with Gasteiger partial charge in [-0.05, 0) is 61.7 Å². The van der Waals surface area contributed by atoms with E-state index in [2.05, 4.69) is 0 Å². The van der Waals surface area contributed by atoms with Crippen molar-refractivity contribution in [1.82, 2.24) is 9.97 Å². The van der Waals surface area contributed by atoms with Gasteiger partial charge in [0.05, 0.1) is 22.4 Å². The number of carbonyl (C=O) groups excluding carboxylic acids is 1. The quantitative estimate of drug-likeness (QED) is 0.281. The van der Waals surface area contributed by atoms with Crippen molar-refractivity contribution in [2.45, 2.75) is 25.8 Å². The SMILES string of the molecule is C[C@H]1CCc2cc(F)ccc2N1C(=O)c1ccc2nc(-c3ccccc3)c(-c3ccccc3)nc2c1. The molecule has 6 rings (SSSR count). The minimum absolute atomic E-state index is 0.0116. The van der Waals surface area contributed by atoms with E-state index in [0.29, 0.717) is 11.1 Å². The number of amides is 1. The van der Waals surface area contributed by atoms with Gasteiger partial charge in [-0.15, -0.1) is 0 Å². The van der Waals surface area contributed by atoms with Gasteiger partial charge in [-0.2, -0.15) is 0 Å². The molecule has 1 atom stereocenters. The summed E-state index contributed by atoms with van der Waals surface area (Å²) in [5, 5.41) is 0. The lowest BCUT2D eigenvalue weighted by Crippen LogP contribution is -2.42. The molecule has 0 aliphatic carbocycles. The van der Waals surface area contributed by atoms with Gasteiger partial charge in [-0.25, -0.2) is 14.4 Å². The van der Waals surface area contributed by atoms with Crippen LogP contribution in [0.1, 0.15) is 29.3 Å². The maximum Gasteiger partial charge on any atom is 0.258 e. The van der Waals surface area contributed by atoms with Crippen molar-refractivity contribution in [2.24, 2.45) is 0 Å². The van der Waals surface area contributed by atoms with Crippen LogP contribution in [-0.2, 0) is 6.42 Å².